The highest BCUT2D eigenvalue weighted by Gasteiger charge is 2.29. The number of nitrogens with zero attached hydrogens (tertiary/aromatic N) is 2. The summed E-state index contributed by atoms with van der Waals surface area (Å²) in [6, 6.07) is 2.65. The van der Waals surface area contributed by atoms with Crippen molar-refractivity contribution in [2.24, 2.45) is 0 Å². The van der Waals surface area contributed by atoms with Crippen LogP contribution in [0.15, 0.2) is 18.3 Å². The fourth-order valence-corrected chi connectivity index (χ4v) is 4.40. The number of aromatic nitrogens is 1. The highest BCUT2D eigenvalue weighted by Crippen LogP contribution is 2.27. The summed E-state index contributed by atoms with van der Waals surface area (Å²) in [6.07, 6.45) is 2.88. The van der Waals surface area contributed by atoms with E-state index in [2.05, 4.69) is 4.98 Å². The molecule has 1 heterocycles. The second kappa shape index (κ2) is 4.19. The second-order valence-electron chi connectivity index (χ2n) is 3.04. The van der Waals surface area contributed by atoms with Gasteiger partial charge in [-0.1, -0.05) is 11.6 Å². The maximum absolute atomic E-state index is 11.4. The van der Waals surface area contributed by atoms with Crippen LogP contribution in [0.4, 0.5) is 5.69 Å². The number of hydrogen-bond acceptors (Lipinski definition) is 5. The standard InChI is InChI=1S/C7H9ClN2O4S2/c1-15(11,12)10(16(2,13)14)6-4-3-5-9-7(6)8/h3-5H,1-2H3. The summed E-state index contributed by atoms with van der Waals surface area (Å²) >= 11 is 5.65. The van der Waals surface area contributed by atoms with Gasteiger partial charge in [-0.2, -0.15) is 3.71 Å². The molecule has 1 aromatic heterocycles. The van der Waals surface area contributed by atoms with Gasteiger partial charge >= 0.3 is 0 Å². The molecule has 1 rings (SSSR count). The van der Waals surface area contributed by atoms with Gasteiger partial charge in [0.1, 0.15) is 5.69 Å². The molecule has 16 heavy (non-hydrogen) atoms. The zero-order chi connectivity index (χ0) is 12.6. The number of anilines is 1. The Kier molecular flexibility index (Phi) is 3.46. The van der Waals surface area contributed by atoms with Gasteiger partial charge < -0.3 is 0 Å². The van der Waals surface area contributed by atoms with E-state index in [9.17, 15) is 16.8 Å². The summed E-state index contributed by atoms with van der Waals surface area (Å²) in [5.74, 6) is 0. The molecule has 0 atom stereocenters. The summed E-state index contributed by atoms with van der Waals surface area (Å²) < 4.78 is 45.8. The third-order valence-electron chi connectivity index (χ3n) is 1.54. The molecule has 0 aromatic carbocycles. The molecule has 0 saturated carbocycles. The molecule has 0 N–H and O–H groups in total. The number of pyridine rings is 1. The molecule has 0 unspecified atom stereocenters. The van der Waals surface area contributed by atoms with Crippen LogP contribution in [-0.2, 0) is 20.0 Å². The SMILES string of the molecule is CS(=O)(=O)N(c1cccnc1Cl)S(C)(=O)=O. The molecule has 0 aliphatic heterocycles. The van der Waals surface area contributed by atoms with E-state index in [1.807, 2.05) is 0 Å². The zero-order valence-electron chi connectivity index (χ0n) is 8.45. The molecule has 0 aliphatic rings. The molecule has 0 aliphatic carbocycles. The van der Waals surface area contributed by atoms with E-state index < -0.39 is 20.0 Å². The van der Waals surface area contributed by atoms with Crippen LogP contribution in [0.2, 0.25) is 5.15 Å². The Morgan fingerprint density at radius 1 is 1.19 bits per heavy atom. The Balaban J connectivity index is 3.54. The summed E-state index contributed by atoms with van der Waals surface area (Å²) in [6.45, 7) is 0. The molecule has 6 nitrogen and oxygen atoms in total. The van der Waals surface area contributed by atoms with Gasteiger partial charge in [-0.3, -0.25) is 0 Å². The summed E-state index contributed by atoms with van der Waals surface area (Å²) in [7, 11) is -7.95. The molecular weight excluding hydrogens is 276 g/mol. The van der Waals surface area contributed by atoms with Crippen molar-refractivity contribution in [2.75, 3.05) is 16.2 Å². The van der Waals surface area contributed by atoms with E-state index in [4.69, 9.17) is 11.6 Å². The number of hydrogen-bond donors (Lipinski definition) is 0. The second-order valence-corrected chi connectivity index (χ2v) is 7.29. The Morgan fingerprint density at radius 3 is 2.06 bits per heavy atom. The van der Waals surface area contributed by atoms with Gasteiger partial charge in [0, 0.05) is 6.20 Å². The maximum Gasteiger partial charge on any atom is 0.245 e. The topological polar surface area (TPSA) is 84.4 Å². The Bertz CT molecular complexity index is 565. The lowest BCUT2D eigenvalue weighted by Gasteiger charge is -2.19. The molecule has 90 valence electrons. The van der Waals surface area contributed by atoms with Crippen LogP contribution >= 0.6 is 11.6 Å². The lowest BCUT2D eigenvalue weighted by atomic mass is 10.4. The van der Waals surface area contributed by atoms with E-state index in [0.717, 1.165) is 12.5 Å². The van der Waals surface area contributed by atoms with Gasteiger partial charge in [0.2, 0.25) is 20.0 Å². The van der Waals surface area contributed by atoms with Crippen molar-refractivity contribution >= 4 is 37.3 Å². The highest BCUT2D eigenvalue weighted by molar-refractivity contribution is 8.09. The van der Waals surface area contributed by atoms with Gasteiger partial charge in [0.25, 0.3) is 0 Å². The third-order valence-corrected chi connectivity index (χ3v) is 5.05. The van der Waals surface area contributed by atoms with Gasteiger partial charge in [-0.15, -0.1) is 0 Å². The summed E-state index contributed by atoms with van der Waals surface area (Å²) in [4.78, 5) is 3.62. The smallest absolute Gasteiger partial charge is 0.242 e. The number of halogens is 1. The Hall–Kier alpha value is -0.860. The van der Waals surface area contributed by atoms with E-state index in [-0.39, 0.29) is 14.6 Å². The average Bonchev–Trinajstić information content (AvgIpc) is 2.03. The van der Waals surface area contributed by atoms with Crippen LogP contribution in [0.3, 0.4) is 0 Å². The van der Waals surface area contributed by atoms with Crippen LogP contribution in [0.25, 0.3) is 0 Å². The predicted molar refractivity (Wildman–Crippen MR) is 61.4 cm³/mol. The minimum absolute atomic E-state index is 0.186. The summed E-state index contributed by atoms with van der Waals surface area (Å²) in [5, 5.41) is -0.196. The van der Waals surface area contributed by atoms with Gasteiger partial charge in [0.05, 0.1) is 12.5 Å². The van der Waals surface area contributed by atoms with Crippen molar-refractivity contribution < 1.29 is 16.8 Å². The van der Waals surface area contributed by atoms with Gasteiger partial charge in [0.15, 0.2) is 5.15 Å². The molecule has 9 heteroatoms. The molecule has 0 bridgehead atoms. The first-order valence-corrected chi connectivity index (χ1v) is 8.02. The van der Waals surface area contributed by atoms with Crippen LogP contribution in [0.5, 0.6) is 0 Å². The first kappa shape index (κ1) is 13.2. The van der Waals surface area contributed by atoms with Crippen LogP contribution in [-0.4, -0.2) is 34.3 Å². The molecule has 0 fully saturated rings. The molecule has 0 radical (unpaired) electrons. The normalized spacial score (nSPS) is 12.4. The highest BCUT2D eigenvalue weighted by atomic mass is 35.5. The van der Waals surface area contributed by atoms with Crippen molar-refractivity contribution in [3.05, 3.63) is 23.5 Å². The zero-order valence-corrected chi connectivity index (χ0v) is 10.8. The van der Waals surface area contributed by atoms with Crippen molar-refractivity contribution in [3.8, 4) is 0 Å². The van der Waals surface area contributed by atoms with E-state index in [1.165, 1.54) is 18.3 Å². The maximum atomic E-state index is 11.4. The molecule has 1 aromatic rings. The Labute approximate surface area is 99.0 Å². The number of rotatable bonds is 3. The first-order chi connectivity index (χ1) is 7.14. The quantitative estimate of drug-likeness (QED) is 0.753. The van der Waals surface area contributed by atoms with Gasteiger partial charge in [-0.05, 0) is 12.1 Å². The lowest BCUT2D eigenvalue weighted by molar-refractivity contribution is 0.590. The van der Waals surface area contributed by atoms with Crippen LogP contribution in [0.1, 0.15) is 0 Å². The molecule has 0 spiro atoms. The third kappa shape index (κ3) is 2.83. The minimum Gasteiger partial charge on any atom is -0.242 e. The first-order valence-electron chi connectivity index (χ1n) is 3.95. The van der Waals surface area contributed by atoms with Crippen molar-refractivity contribution in [3.63, 3.8) is 0 Å². The van der Waals surface area contributed by atoms with E-state index in [0.29, 0.717) is 0 Å². The molecule has 0 amide bonds. The lowest BCUT2D eigenvalue weighted by Crippen LogP contribution is -2.35. The van der Waals surface area contributed by atoms with Crippen molar-refractivity contribution in [2.45, 2.75) is 0 Å². The monoisotopic (exact) mass is 284 g/mol. The van der Waals surface area contributed by atoms with Crippen molar-refractivity contribution in [1.29, 1.82) is 0 Å². The fourth-order valence-electron chi connectivity index (χ4n) is 1.12. The van der Waals surface area contributed by atoms with Crippen LogP contribution < -0.4 is 3.71 Å². The summed E-state index contributed by atoms with van der Waals surface area (Å²) in [5.41, 5.74) is -0.186. The van der Waals surface area contributed by atoms with E-state index >= 15 is 0 Å². The minimum atomic E-state index is -3.98. The molecule has 0 saturated heterocycles. The number of sulfonamides is 2. The predicted octanol–water partition coefficient (Wildman–Crippen LogP) is 0.461. The average molecular weight is 285 g/mol. The Morgan fingerprint density at radius 2 is 1.69 bits per heavy atom. The van der Waals surface area contributed by atoms with Crippen LogP contribution in [0, 0.1) is 0 Å². The van der Waals surface area contributed by atoms with E-state index in [1.54, 1.807) is 0 Å². The molecular formula is C7H9ClN2O4S2. The fraction of sp³-hybridized carbons (Fsp3) is 0.286. The van der Waals surface area contributed by atoms with Gasteiger partial charge in [-0.25, -0.2) is 21.8 Å². The van der Waals surface area contributed by atoms with Crippen molar-refractivity contribution in [1.82, 2.24) is 4.98 Å². The largest absolute Gasteiger partial charge is 0.245 e.